The summed E-state index contributed by atoms with van der Waals surface area (Å²) < 4.78 is 0. The van der Waals surface area contributed by atoms with Crippen LogP contribution in [0.3, 0.4) is 0 Å². The summed E-state index contributed by atoms with van der Waals surface area (Å²) >= 11 is 1.68. The van der Waals surface area contributed by atoms with E-state index in [0.717, 1.165) is 28.9 Å². The Morgan fingerprint density at radius 2 is 1.97 bits per heavy atom. The second-order valence-electron chi connectivity index (χ2n) is 6.89. The van der Waals surface area contributed by atoms with Gasteiger partial charge in [-0.05, 0) is 72.3 Å². The third-order valence-electron chi connectivity index (χ3n) is 4.94. The van der Waals surface area contributed by atoms with Crippen LogP contribution >= 0.6 is 11.8 Å². The highest BCUT2D eigenvalue weighted by Gasteiger charge is 2.25. The van der Waals surface area contributed by atoms with Crippen molar-refractivity contribution in [1.82, 2.24) is 4.98 Å². The molecule has 0 spiro atoms. The fourth-order valence-corrected chi connectivity index (χ4v) is 3.81. The zero-order valence-corrected chi connectivity index (χ0v) is 17.4. The maximum atomic E-state index is 12.7. The molecule has 4 rings (SSSR count). The number of anilines is 2. The van der Waals surface area contributed by atoms with E-state index in [-0.39, 0.29) is 11.8 Å². The number of fused-ring (bicyclic) bond motifs is 1. The molecule has 0 radical (unpaired) electrons. The summed E-state index contributed by atoms with van der Waals surface area (Å²) in [6.07, 6.45) is 9.33. The fraction of sp³-hybridized carbons (Fsp3) is 0.125. The molecule has 150 valence electrons. The largest absolute Gasteiger partial charge is 0.323 e. The van der Waals surface area contributed by atoms with Gasteiger partial charge in [0.05, 0.1) is 5.56 Å². The zero-order valence-electron chi connectivity index (χ0n) is 16.5. The van der Waals surface area contributed by atoms with Crippen molar-refractivity contribution >= 4 is 41.0 Å². The van der Waals surface area contributed by atoms with Gasteiger partial charge in [0.2, 0.25) is 5.91 Å². The van der Waals surface area contributed by atoms with Gasteiger partial charge < -0.3 is 10.2 Å². The monoisotopic (exact) mass is 415 g/mol. The minimum atomic E-state index is -0.190. The molecule has 2 heterocycles. The molecule has 1 N–H and O–H groups in total. The first-order chi connectivity index (χ1) is 14.6. The second kappa shape index (κ2) is 8.97. The molecule has 2 amide bonds. The number of thioether (sulfide) groups is 1. The van der Waals surface area contributed by atoms with Crippen molar-refractivity contribution in [3.63, 3.8) is 0 Å². The maximum absolute atomic E-state index is 12.7. The SMILES string of the molecule is CSc1ccc(/C=C/C(=O)Nc2ccc3c(c2)CCN3C(=O)c2cccnc2)cc1. The Labute approximate surface area is 179 Å². The average Bonchev–Trinajstić information content (AvgIpc) is 3.21. The van der Waals surface area contributed by atoms with E-state index in [1.54, 1.807) is 47.3 Å². The van der Waals surface area contributed by atoms with Crippen LogP contribution in [-0.4, -0.2) is 29.6 Å². The Morgan fingerprint density at radius 3 is 2.70 bits per heavy atom. The number of benzene rings is 2. The minimum Gasteiger partial charge on any atom is -0.323 e. The molecule has 1 aliphatic heterocycles. The lowest BCUT2D eigenvalue weighted by molar-refractivity contribution is -0.111. The zero-order chi connectivity index (χ0) is 20.9. The standard InChI is InChI=1S/C24H21N3O2S/c1-30-21-8-4-17(5-9-21)6-11-23(28)26-20-7-10-22-18(15-20)12-14-27(22)24(29)19-3-2-13-25-16-19/h2-11,13,15-16H,12,14H2,1H3,(H,26,28)/b11-6+. The molecule has 6 heteroatoms. The van der Waals surface area contributed by atoms with Crippen molar-refractivity contribution in [3.8, 4) is 0 Å². The molecule has 0 saturated carbocycles. The smallest absolute Gasteiger partial charge is 0.259 e. The summed E-state index contributed by atoms with van der Waals surface area (Å²) in [5, 5.41) is 2.90. The van der Waals surface area contributed by atoms with Crippen molar-refractivity contribution in [1.29, 1.82) is 0 Å². The van der Waals surface area contributed by atoms with Crippen LogP contribution in [0.5, 0.6) is 0 Å². The average molecular weight is 416 g/mol. The molecule has 0 unspecified atom stereocenters. The van der Waals surface area contributed by atoms with Gasteiger partial charge >= 0.3 is 0 Å². The van der Waals surface area contributed by atoms with Crippen molar-refractivity contribution in [2.75, 3.05) is 23.0 Å². The summed E-state index contributed by atoms with van der Waals surface area (Å²) in [5.41, 5.74) is 4.18. The molecular formula is C24H21N3O2S. The summed E-state index contributed by atoms with van der Waals surface area (Å²) in [6.45, 7) is 0.617. The van der Waals surface area contributed by atoms with E-state index in [4.69, 9.17) is 0 Å². The number of carbonyl (C=O) groups is 2. The van der Waals surface area contributed by atoms with Crippen LogP contribution in [0.15, 0.2) is 78.0 Å². The maximum Gasteiger partial charge on any atom is 0.259 e. The van der Waals surface area contributed by atoms with Crippen molar-refractivity contribution < 1.29 is 9.59 Å². The number of carbonyl (C=O) groups excluding carboxylic acids is 2. The predicted molar refractivity (Wildman–Crippen MR) is 122 cm³/mol. The third-order valence-corrected chi connectivity index (χ3v) is 5.68. The van der Waals surface area contributed by atoms with Gasteiger partial charge in [-0.3, -0.25) is 14.6 Å². The van der Waals surface area contributed by atoms with Gasteiger partial charge in [-0.15, -0.1) is 11.8 Å². The van der Waals surface area contributed by atoms with Gasteiger partial charge in [0, 0.05) is 41.3 Å². The molecule has 1 aromatic heterocycles. The highest BCUT2D eigenvalue weighted by molar-refractivity contribution is 7.98. The molecule has 0 saturated heterocycles. The Morgan fingerprint density at radius 1 is 1.13 bits per heavy atom. The van der Waals surface area contributed by atoms with E-state index >= 15 is 0 Å². The number of pyridine rings is 1. The number of amides is 2. The van der Waals surface area contributed by atoms with Crippen LogP contribution in [0.1, 0.15) is 21.5 Å². The number of aromatic nitrogens is 1. The number of hydrogen-bond acceptors (Lipinski definition) is 4. The van der Waals surface area contributed by atoms with Gasteiger partial charge in [0.25, 0.3) is 5.91 Å². The van der Waals surface area contributed by atoms with Crippen molar-refractivity contribution in [2.24, 2.45) is 0 Å². The van der Waals surface area contributed by atoms with Gasteiger partial charge in [-0.25, -0.2) is 0 Å². The molecule has 30 heavy (non-hydrogen) atoms. The molecule has 0 fully saturated rings. The van der Waals surface area contributed by atoms with E-state index in [1.165, 1.54) is 11.0 Å². The topological polar surface area (TPSA) is 62.3 Å². The van der Waals surface area contributed by atoms with Crippen LogP contribution in [-0.2, 0) is 11.2 Å². The number of rotatable bonds is 5. The quantitative estimate of drug-likeness (QED) is 0.486. The van der Waals surface area contributed by atoms with Crippen LogP contribution in [0.25, 0.3) is 6.08 Å². The van der Waals surface area contributed by atoms with Crippen LogP contribution < -0.4 is 10.2 Å². The Hall–Kier alpha value is -3.38. The Bertz CT molecular complexity index is 1100. The van der Waals surface area contributed by atoms with E-state index in [1.807, 2.05) is 48.7 Å². The van der Waals surface area contributed by atoms with Gasteiger partial charge in [0.1, 0.15) is 0 Å². The number of hydrogen-bond donors (Lipinski definition) is 1. The van der Waals surface area contributed by atoms with E-state index in [2.05, 4.69) is 10.3 Å². The normalized spacial score (nSPS) is 12.8. The third kappa shape index (κ3) is 4.44. The van der Waals surface area contributed by atoms with E-state index < -0.39 is 0 Å². The molecule has 3 aromatic rings. The predicted octanol–water partition coefficient (Wildman–Crippen LogP) is 4.66. The first-order valence-corrected chi connectivity index (χ1v) is 10.8. The highest BCUT2D eigenvalue weighted by atomic mass is 32.2. The molecule has 1 aliphatic rings. The second-order valence-corrected chi connectivity index (χ2v) is 7.77. The summed E-state index contributed by atoms with van der Waals surface area (Å²) in [7, 11) is 0. The summed E-state index contributed by atoms with van der Waals surface area (Å²) in [6, 6.07) is 17.2. The molecule has 0 bridgehead atoms. The Kier molecular flexibility index (Phi) is 5.95. The fourth-order valence-electron chi connectivity index (χ4n) is 3.41. The summed E-state index contributed by atoms with van der Waals surface area (Å²) in [4.78, 5) is 32.0. The van der Waals surface area contributed by atoms with Crippen LogP contribution in [0.2, 0.25) is 0 Å². The number of nitrogens with one attached hydrogen (secondary N) is 1. The minimum absolute atomic E-state index is 0.0611. The molecule has 0 aliphatic carbocycles. The number of nitrogens with zero attached hydrogens (tertiary/aromatic N) is 2. The van der Waals surface area contributed by atoms with Crippen molar-refractivity contribution in [2.45, 2.75) is 11.3 Å². The van der Waals surface area contributed by atoms with E-state index in [9.17, 15) is 9.59 Å². The first-order valence-electron chi connectivity index (χ1n) is 9.62. The van der Waals surface area contributed by atoms with Crippen molar-refractivity contribution in [3.05, 3.63) is 89.8 Å². The lowest BCUT2D eigenvalue weighted by Crippen LogP contribution is -2.28. The highest BCUT2D eigenvalue weighted by Crippen LogP contribution is 2.31. The van der Waals surface area contributed by atoms with Gasteiger partial charge in [0.15, 0.2) is 0 Å². The summed E-state index contributed by atoms with van der Waals surface area (Å²) in [5.74, 6) is -0.251. The van der Waals surface area contributed by atoms with Gasteiger partial charge in [-0.1, -0.05) is 12.1 Å². The molecular weight excluding hydrogens is 394 g/mol. The van der Waals surface area contributed by atoms with Gasteiger partial charge in [-0.2, -0.15) is 0 Å². The van der Waals surface area contributed by atoms with Crippen LogP contribution in [0.4, 0.5) is 11.4 Å². The Balaban J connectivity index is 1.42. The lowest BCUT2D eigenvalue weighted by Gasteiger charge is -2.17. The first kappa shape index (κ1) is 19.9. The lowest BCUT2D eigenvalue weighted by atomic mass is 10.1. The molecule has 2 aromatic carbocycles. The van der Waals surface area contributed by atoms with E-state index in [0.29, 0.717) is 12.1 Å². The molecule has 0 atom stereocenters. The molecule has 5 nitrogen and oxygen atoms in total. The van der Waals surface area contributed by atoms with Crippen LogP contribution in [0, 0.1) is 0 Å².